The standard InChI is InChI=1S/C16H18ClN3O/c1-11-9-10-19-15(17)14(11)20-16(21)13(18)8-7-12-5-3-2-4-6-12/h2-6,9-10,13H,7-8,18H2,1H3,(H,20,21). The molecule has 0 bridgehead atoms. The highest BCUT2D eigenvalue weighted by Crippen LogP contribution is 2.22. The zero-order valence-corrected chi connectivity index (χ0v) is 12.6. The second kappa shape index (κ2) is 7.20. The summed E-state index contributed by atoms with van der Waals surface area (Å²) in [6.45, 7) is 1.86. The van der Waals surface area contributed by atoms with Gasteiger partial charge in [-0.3, -0.25) is 4.79 Å². The van der Waals surface area contributed by atoms with Gasteiger partial charge in [0.1, 0.15) is 0 Å². The molecule has 1 aromatic heterocycles. The molecule has 1 heterocycles. The van der Waals surface area contributed by atoms with Crippen molar-refractivity contribution in [2.24, 2.45) is 5.73 Å². The molecular weight excluding hydrogens is 286 g/mol. The van der Waals surface area contributed by atoms with E-state index in [0.29, 0.717) is 12.1 Å². The molecule has 0 radical (unpaired) electrons. The first-order valence-corrected chi connectivity index (χ1v) is 7.17. The van der Waals surface area contributed by atoms with Crippen molar-refractivity contribution in [3.8, 4) is 0 Å². The van der Waals surface area contributed by atoms with Gasteiger partial charge in [0, 0.05) is 6.20 Å². The second-order valence-corrected chi connectivity index (χ2v) is 5.27. The maximum absolute atomic E-state index is 12.1. The van der Waals surface area contributed by atoms with E-state index in [1.807, 2.05) is 37.3 Å². The van der Waals surface area contributed by atoms with Gasteiger partial charge in [-0.25, -0.2) is 4.98 Å². The smallest absolute Gasteiger partial charge is 0.241 e. The number of hydrogen-bond acceptors (Lipinski definition) is 3. The fraction of sp³-hybridized carbons (Fsp3) is 0.250. The number of nitrogens with one attached hydrogen (secondary N) is 1. The maximum atomic E-state index is 12.1. The fourth-order valence-corrected chi connectivity index (χ4v) is 2.24. The molecule has 0 saturated carbocycles. The topological polar surface area (TPSA) is 68.0 Å². The van der Waals surface area contributed by atoms with Crippen molar-refractivity contribution >= 4 is 23.2 Å². The molecule has 0 aliphatic heterocycles. The Morgan fingerprint density at radius 3 is 2.71 bits per heavy atom. The minimum Gasteiger partial charge on any atom is -0.322 e. The van der Waals surface area contributed by atoms with Crippen molar-refractivity contribution in [1.29, 1.82) is 0 Å². The number of amides is 1. The van der Waals surface area contributed by atoms with E-state index in [-0.39, 0.29) is 11.1 Å². The average molecular weight is 304 g/mol. The Hall–Kier alpha value is -1.91. The SMILES string of the molecule is Cc1ccnc(Cl)c1NC(=O)C(N)CCc1ccccc1. The van der Waals surface area contributed by atoms with Crippen molar-refractivity contribution in [3.05, 3.63) is 58.9 Å². The number of nitrogens with two attached hydrogens (primary N) is 1. The van der Waals surface area contributed by atoms with Gasteiger partial charge in [0.15, 0.2) is 5.15 Å². The second-order valence-electron chi connectivity index (χ2n) is 4.91. The molecule has 0 aliphatic rings. The Morgan fingerprint density at radius 1 is 1.33 bits per heavy atom. The number of hydrogen-bond donors (Lipinski definition) is 2. The first-order valence-electron chi connectivity index (χ1n) is 6.79. The molecule has 1 aromatic carbocycles. The molecule has 2 rings (SSSR count). The summed E-state index contributed by atoms with van der Waals surface area (Å²) in [7, 11) is 0. The zero-order chi connectivity index (χ0) is 15.2. The molecule has 0 aliphatic carbocycles. The summed E-state index contributed by atoms with van der Waals surface area (Å²) >= 11 is 5.98. The van der Waals surface area contributed by atoms with Gasteiger partial charge in [0.05, 0.1) is 11.7 Å². The average Bonchev–Trinajstić information content (AvgIpc) is 2.49. The lowest BCUT2D eigenvalue weighted by molar-refractivity contribution is -0.117. The molecular formula is C16H18ClN3O. The number of rotatable bonds is 5. The van der Waals surface area contributed by atoms with Crippen LogP contribution in [0.25, 0.3) is 0 Å². The van der Waals surface area contributed by atoms with Crippen LogP contribution in [0.15, 0.2) is 42.6 Å². The number of aromatic nitrogens is 1. The van der Waals surface area contributed by atoms with Gasteiger partial charge >= 0.3 is 0 Å². The summed E-state index contributed by atoms with van der Waals surface area (Å²) in [6.07, 6.45) is 2.94. The highest BCUT2D eigenvalue weighted by Gasteiger charge is 2.16. The quantitative estimate of drug-likeness (QED) is 0.835. The third-order valence-corrected chi connectivity index (χ3v) is 3.57. The van der Waals surface area contributed by atoms with Crippen molar-refractivity contribution < 1.29 is 4.79 Å². The van der Waals surface area contributed by atoms with Crippen molar-refractivity contribution in [2.45, 2.75) is 25.8 Å². The van der Waals surface area contributed by atoms with Gasteiger partial charge in [0.25, 0.3) is 0 Å². The summed E-state index contributed by atoms with van der Waals surface area (Å²) in [5.41, 5.74) is 8.49. The van der Waals surface area contributed by atoms with Gasteiger partial charge in [-0.1, -0.05) is 41.9 Å². The van der Waals surface area contributed by atoms with E-state index >= 15 is 0 Å². The van der Waals surface area contributed by atoms with Crippen molar-refractivity contribution in [1.82, 2.24) is 4.98 Å². The molecule has 0 spiro atoms. The van der Waals surface area contributed by atoms with Crippen LogP contribution in [-0.2, 0) is 11.2 Å². The zero-order valence-electron chi connectivity index (χ0n) is 11.8. The highest BCUT2D eigenvalue weighted by molar-refractivity contribution is 6.32. The first-order chi connectivity index (χ1) is 10.1. The molecule has 0 saturated heterocycles. The number of benzene rings is 1. The molecule has 1 amide bonds. The fourth-order valence-electron chi connectivity index (χ4n) is 1.99. The molecule has 5 heteroatoms. The van der Waals surface area contributed by atoms with Gasteiger partial charge in [0.2, 0.25) is 5.91 Å². The van der Waals surface area contributed by atoms with Gasteiger partial charge in [-0.15, -0.1) is 0 Å². The van der Waals surface area contributed by atoms with E-state index in [1.54, 1.807) is 12.3 Å². The predicted molar refractivity (Wildman–Crippen MR) is 85.4 cm³/mol. The number of pyridine rings is 1. The third-order valence-electron chi connectivity index (χ3n) is 3.28. The molecule has 1 atom stereocenters. The summed E-state index contributed by atoms with van der Waals surface area (Å²) in [5.74, 6) is -0.246. The van der Waals surface area contributed by atoms with Crippen LogP contribution in [0.5, 0.6) is 0 Å². The van der Waals surface area contributed by atoms with Crippen LogP contribution in [0.4, 0.5) is 5.69 Å². The summed E-state index contributed by atoms with van der Waals surface area (Å²) in [4.78, 5) is 16.1. The Morgan fingerprint density at radius 2 is 2.05 bits per heavy atom. The lowest BCUT2D eigenvalue weighted by atomic mass is 10.1. The van der Waals surface area contributed by atoms with Crippen LogP contribution in [-0.4, -0.2) is 16.9 Å². The van der Waals surface area contributed by atoms with Crippen molar-refractivity contribution in [3.63, 3.8) is 0 Å². The van der Waals surface area contributed by atoms with E-state index in [9.17, 15) is 4.79 Å². The number of halogens is 1. The molecule has 21 heavy (non-hydrogen) atoms. The Labute approximate surface area is 129 Å². The van der Waals surface area contributed by atoms with E-state index in [1.165, 1.54) is 0 Å². The van der Waals surface area contributed by atoms with E-state index in [2.05, 4.69) is 10.3 Å². The third kappa shape index (κ3) is 4.28. The minimum absolute atomic E-state index is 0.246. The van der Waals surface area contributed by atoms with Crippen LogP contribution in [0.3, 0.4) is 0 Å². The summed E-state index contributed by atoms with van der Waals surface area (Å²) < 4.78 is 0. The summed E-state index contributed by atoms with van der Waals surface area (Å²) in [6, 6.07) is 11.2. The number of aryl methyl sites for hydroxylation is 2. The monoisotopic (exact) mass is 303 g/mol. The molecule has 110 valence electrons. The molecule has 3 N–H and O–H groups in total. The van der Waals surface area contributed by atoms with Gasteiger partial charge < -0.3 is 11.1 Å². The number of nitrogens with zero attached hydrogens (tertiary/aromatic N) is 1. The highest BCUT2D eigenvalue weighted by atomic mass is 35.5. The molecule has 4 nitrogen and oxygen atoms in total. The first kappa shape index (κ1) is 15.5. The van der Waals surface area contributed by atoms with E-state index < -0.39 is 6.04 Å². The van der Waals surface area contributed by atoms with Crippen LogP contribution >= 0.6 is 11.6 Å². The largest absolute Gasteiger partial charge is 0.322 e. The molecule has 0 fully saturated rings. The van der Waals surface area contributed by atoms with Gasteiger partial charge in [-0.2, -0.15) is 0 Å². The number of carbonyl (C=O) groups is 1. The Balaban J connectivity index is 1.94. The normalized spacial score (nSPS) is 12.0. The van der Waals surface area contributed by atoms with E-state index in [4.69, 9.17) is 17.3 Å². The Bertz CT molecular complexity index is 596. The molecule has 2 aromatic rings. The Kier molecular flexibility index (Phi) is 5.31. The van der Waals surface area contributed by atoms with Crippen LogP contribution in [0, 0.1) is 6.92 Å². The lowest BCUT2D eigenvalue weighted by Gasteiger charge is -2.14. The number of anilines is 1. The van der Waals surface area contributed by atoms with Gasteiger partial charge in [-0.05, 0) is 37.0 Å². The van der Waals surface area contributed by atoms with Crippen LogP contribution in [0.2, 0.25) is 5.15 Å². The molecule has 1 unspecified atom stereocenters. The maximum Gasteiger partial charge on any atom is 0.241 e. The minimum atomic E-state index is -0.583. The van der Waals surface area contributed by atoms with Crippen LogP contribution < -0.4 is 11.1 Å². The van der Waals surface area contributed by atoms with Crippen LogP contribution in [0.1, 0.15) is 17.5 Å². The summed E-state index contributed by atoms with van der Waals surface area (Å²) in [5, 5.41) is 3.03. The lowest BCUT2D eigenvalue weighted by Crippen LogP contribution is -2.36. The number of carbonyl (C=O) groups excluding carboxylic acids is 1. The predicted octanol–water partition coefficient (Wildman–Crippen LogP) is 2.94. The van der Waals surface area contributed by atoms with Crippen molar-refractivity contribution in [2.75, 3.05) is 5.32 Å². The van der Waals surface area contributed by atoms with E-state index in [0.717, 1.165) is 17.5 Å².